The zero-order valence-electron chi connectivity index (χ0n) is 20.4. The summed E-state index contributed by atoms with van der Waals surface area (Å²) in [5.74, 6) is -1.32. The van der Waals surface area contributed by atoms with Gasteiger partial charge in [-0.3, -0.25) is 19.3 Å². The van der Waals surface area contributed by atoms with E-state index in [9.17, 15) is 27.6 Å². The van der Waals surface area contributed by atoms with Crippen molar-refractivity contribution in [1.29, 1.82) is 0 Å². The van der Waals surface area contributed by atoms with Crippen LogP contribution < -0.4 is 19.1 Å². The van der Waals surface area contributed by atoms with Crippen molar-refractivity contribution in [2.75, 3.05) is 26.2 Å². The molecule has 0 aromatic heterocycles. The van der Waals surface area contributed by atoms with Gasteiger partial charge in [0.2, 0.25) is 5.75 Å². The van der Waals surface area contributed by atoms with Crippen molar-refractivity contribution in [2.24, 2.45) is 0 Å². The number of hydrogen-bond donors (Lipinski definition) is 0. The summed E-state index contributed by atoms with van der Waals surface area (Å²) in [5, 5.41) is 0. The van der Waals surface area contributed by atoms with Gasteiger partial charge in [-0.1, -0.05) is 18.2 Å². The topological polar surface area (TPSA) is 85.4 Å². The molecule has 38 heavy (non-hydrogen) atoms. The minimum Gasteiger partial charge on any atom is -0.493 e. The van der Waals surface area contributed by atoms with Gasteiger partial charge in [0.25, 0.3) is 17.7 Å². The second-order valence-corrected chi connectivity index (χ2v) is 8.63. The SMILES string of the molecule is COc1cc([C@H]2[C@@H](N3C(=O)c4ccccc4C3=O)C(=O)N2c2cccc(C(F)(F)F)c2)cc(OC)c1OC. The minimum absolute atomic E-state index is 0.0450. The minimum atomic E-state index is -4.64. The molecule has 0 saturated carbocycles. The fourth-order valence-corrected chi connectivity index (χ4v) is 4.91. The Balaban J connectivity index is 1.66. The first-order valence-corrected chi connectivity index (χ1v) is 11.4. The van der Waals surface area contributed by atoms with Crippen molar-refractivity contribution in [2.45, 2.75) is 18.3 Å². The van der Waals surface area contributed by atoms with Gasteiger partial charge < -0.3 is 19.1 Å². The second-order valence-electron chi connectivity index (χ2n) is 8.63. The van der Waals surface area contributed by atoms with Gasteiger partial charge in [0.05, 0.1) is 44.1 Å². The molecule has 196 valence electrons. The molecule has 5 rings (SSSR count). The van der Waals surface area contributed by atoms with Crippen molar-refractivity contribution in [3.63, 3.8) is 0 Å². The highest BCUT2D eigenvalue weighted by Crippen LogP contribution is 2.48. The summed E-state index contributed by atoms with van der Waals surface area (Å²) in [4.78, 5) is 42.1. The van der Waals surface area contributed by atoms with Gasteiger partial charge >= 0.3 is 6.18 Å². The molecule has 0 radical (unpaired) electrons. The van der Waals surface area contributed by atoms with Crippen LogP contribution in [0.25, 0.3) is 0 Å². The second kappa shape index (κ2) is 9.09. The molecule has 1 saturated heterocycles. The van der Waals surface area contributed by atoms with Gasteiger partial charge in [-0.25, -0.2) is 0 Å². The lowest BCUT2D eigenvalue weighted by Gasteiger charge is -2.50. The Hall–Kier alpha value is -4.54. The normalized spacial score (nSPS) is 18.8. The van der Waals surface area contributed by atoms with E-state index in [2.05, 4.69) is 0 Å². The number of anilines is 1. The third-order valence-corrected chi connectivity index (χ3v) is 6.65. The van der Waals surface area contributed by atoms with Crippen molar-refractivity contribution in [3.8, 4) is 17.2 Å². The monoisotopic (exact) mass is 526 g/mol. The number of amides is 3. The molecule has 11 heteroatoms. The molecule has 2 atom stereocenters. The lowest BCUT2D eigenvalue weighted by molar-refractivity contribution is -0.137. The van der Waals surface area contributed by atoms with Crippen LogP contribution in [0.5, 0.6) is 17.2 Å². The number of carbonyl (C=O) groups excluding carboxylic acids is 3. The Morgan fingerprint density at radius 1 is 0.711 bits per heavy atom. The zero-order valence-corrected chi connectivity index (χ0v) is 20.4. The molecule has 3 amide bonds. The molecule has 2 heterocycles. The number of benzene rings is 3. The molecule has 2 aliphatic rings. The quantitative estimate of drug-likeness (QED) is 0.348. The molecule has 0 spiro atoms. The van der Waals surface area contributed by atoms with E-state index < -0.39 is 41.5 Å². The number of fused-ring (bicyclic) bond motifs is 1. The van der Waals surface area contributed by atoms with E-state index in [-0.39, 0.29) is 34.1 Å². The highest BCUT2D eigenvalue weighted by atomic mass is 19.4. The number of halogens is 3. The van der Waals surface area contributed by atoms with Crippen LogP contribution in [0.2, 0.25) is 0 Å². The number of methoxy groups -OCH3 is 3. The summed E-state index contributed by atoms with van der Waals surface area (Å²) >= 11 is 0. The lowest BCUT2D eigenvalue weighted by atomic mass is 9.85. The molecular weight excluding hydrogens is 505 g/mol. The first kappa shape index (κ1) is 25.1. The third-order valence-electron chi connectivity index (χ3n) is 6.65. The first-order valence-electron chi connectivity index (χ1n) is 11.4. The van der Waals surface area contributed by atoms with Gasteiger partial charge in [0.1, 0.15) is 6.04 Å². The number of rotatable bonds is 6. The maximum absolute atomic E-state index is 13.6. The zero-order chi connectivity index (χ0) is 27.4. The number of nitrogens with zero attached hydrogens (tertiary/aromatic N) is 2. The van der Waals surface area contributed by atoms with E-state index in [4.69, 9.17) is 14.2 Å². The molecule has 0 bridgehead atoms. The first-order chi connectivity index (χ1) is 18.1. The molecule has 1 fully saturated rings. The van der Waals surface area contributed by atoms with E-state index >= 15 is 0 Å². The number of ether oxygens (including phenoxy) is 3. The smallest absolute Gasteiger partial charge is 0.416 e. The number of alkyl halides is 3. The van der Waals surface area contributed by atoms with Gasteiger partial charge in [-0.2, -0.15) is 13.2 Å². The van der Waals surface area contributed by atoms with Gasteiger partial charge in [-0.05, 0) is 48.0 Å². The Morgan fingerprint density at radius 2 is 1.29 bits per heavy atom. The number of carbonyl (C=O) groups is 3. The van der Waals surface area contributed by atoms with Crippen LogP contribution in [0.4, 0.5) is 18.9 Å². The van der Waals surface area contributed by atoms with E-state index in [1.54, 1.807) is 12.1 Å². The van der Waals surface area contributed by atoms with Crippen LogP contribution in [0.15, 0.2) is 60.7 Å². The van der Waals surface area contributed by atoms with Gasteiger partial charge in [0, 0.05) is 5.69 Å². The Kier molecular flexibility index (Phi) is 6.01. The molecule has 2 aliphatic heterocycles. The Labute approximate surface area is 215 Å². The van der Waals surface area contributed by atoms with Crippen molar-refractivity contribution < 1.29 is 41.8 Å². The van der Waals surface area contributed by atoms with Crippen molar-refractivity contribution >= 4 is 23.4 Å². The summed E-state index contributed by atoms with van der Waals surface area (Å²) in [6.45, 7) is 0. The predicted octanol–water partition coefficient (Wildman–Crippen LogP) is 4.48. The van der Waals surface area contributed by atoms with E-state index in [1.807, 2.05) is 0 Å². The average Bonchev–Trinajstić information content (AvgIpc) is 3.15. The molecule has 3 aromatic carbocycles. The maximum Gasteiger partial charge on any atom is 0.416 e. The van der Waals surface area contributed by atoms with Gasteiger partial charge in [0.15, 0.2) is 11.5 Å². The number of imide groups is 1. The number of hydrogen-bond acceptors (Lipinski definition) is 6. The lowest BCUT2D eigenvalue weighted by Crippen LogP contribution is -2.67. The standard InChI is InChI=1S/C27H21F3N2O6/c1-36-19-11-14(12-20(37-2)23(19)38-3)21-22(32-24(33)17-9-4-5-10-18(17)25(32)34)26(35)31(21)16-8-6-7-15(13-16)27(28,29)30/h4-13,21-22H,1-3H3/t21-,22+/m0/s1. The van der Waals surface area contributed by atoms with Crippen LogP contribution in [0.1, 0.15) is 37.9 Å². The van der Waals surface area contributed by atoms with Crippen LogP contribution in [-0.2, 0) is 11.0 Å². The van der Waals surface area contributed by atoms with Crippen molar-refractivity contribution in [3.05, 3.63) is 82.9 Å². The summed E-state index contributed by atoms with van der Waals surface area (Å²) in [5.41, 5.74) is -0.344. The van der Waals surface area contributed by atoms with E-state index in [0.717, 1.165) is 21.9 Å². The molecule has 8 nitrogen and oxygen atoms in total. The van der Waals surface area contributed by atoms with E-state index in [0.29, 0.717) is 5.56 Å². The highest BCUT2D eigenvalue weighted by molar-refractivity contribution is 6.24. The molecule has 0 aliphatic carbocycles. The Bertz CT molecular complexity index is 1410. The fraction of sp³-hybridized carbons (Fsp3) is 0.222. The summed E-state index contributed by atoms with van der Waals surface area (Å²) in [7, 11) is 4.18. The maximum atomic E-state index is 13.6. The van der Waals surface area contributed by atoms with Crippen LogP contribution in [0, 0.1) is 0 Å². The molecule has 0 N–H and O–H groups in total. The number of β-lactam (4-membered cyclic amide) rings is 1. The molecule has 0 unspecified atom stereocenters. The summed E-state index contributed by atoms with van der Waals surface area (Å²) in [6, 6.07) is 11.2. The largest absolute Gasteiger partial charge is 0.493 e. The third kappa shape index (κ3) is 3.73. The fourth-order valence-electron chi connectivity index (χ4n) is 4.91. The Morgan fingerprint density at radius 3 is 1.79 bits per heavy atom. The van der Waals surface area contributed by atoms with Gasteiger partial charge in [-0.15, -0.1) is 0 Å². The predicted molar refractivity (Wildman–Crippen MR) is 128 cm³/mol. The summed E-state index contributed by atoms with van der Waals surface area (Å²) < 4.78 is 56.6. The van der Waals surface area contributed by atoms with Crippen LogP contribution in [0.3, 0.4) is 0 Å². The van der Waals surface area contributed by atoms with Crippen LogP contribution >= 0.6 is 0 Å². The average molecular weight is 526 g/mol. The highest BCUT2D eigenvalue weighted by Gasteiger charge is 2.57. The van der Waals surface area contributed by atoms with Crippen LogP contribution in [-0.4, -0.2) is 50.0 Å². The van der Waals surface area contributed by atoms with E-state index in [1.165, 1.54) is 57.7 Å². The van der Waals surface area contributed by atoms with Crippen molar-refractivity contribution in [1.82, 2.24) is 4.90 Å². The molecule has 3 aromatic rings. The molecular formula is C27H21F3N2O6. The summed E-state index contributed by atoms with van der Waals surface area (Å²) in [6.07, 6.45) is -4.64.